The molecule has 0 saturated carbocycles. The van der Waals surface area contributed by atoms with Gasteiger partial charge in [0.15, 0.2) is 0 Å². The van der Waals surface area contributed by atoms with E-state index in [-0.39, 0.29) is 6.61 Å². The average molecular weight is 176 g/mol. The van der Waals surface area contributed by atoms with Crippen molar-refractivity contribution in [2.45, 2.75) is 0 Å². The first-order valence-electron chi connectivity index (χ1n) is 3.76. The fourth-order valence-electron chi connectivity index (χ4n) is 0.809. The molecule has 13 heavy (non-hydrogen) atoms. The molecule has 0 fully saturated rings. The lowest BCUT2D eigenvalue weighted by Gasteiger charge is -1.99. The quantitative estimate of drug-likeness (QED) is 0.514. The smallest absolute Gasteiger partial charge is 0.338 e. The Morgan fingerprint density at radius 3 is 2.69 bits per heavy atom. The maximum absolute atomic E-state index is 11.1. The lowest BCUT2D eigenvalue weighted by atomic mass is 10.2. The highest BCUT2D eigenvalue weighted by Crippen LogP contribution is 2.00. The van der Waals surface area contributed by atoms with E-state index in [1.54, 1.807) is 24.3 Å². The van der Waals surface area contributed by atoms with E-state index in [0.717, 1.165) is 6.08 Å². The van der Waals surface area contributed by atoms with E-state index >= 15 is 0 Å². The van der Waals surface area contributed by atoms with Gasteiger partial charge in [0.25, 0.3) is 0 Å². The average Bonchev–Trinajstić information content (AvgIpc) is 2.19. The fraction of sp³-hybridized carbons (Fsp3) is 0.100. The van der Waals surface area contributed by atoms with E-state index in [9.17, 15) is 9.59 Å². The first-order chi connectivity index (χ1) is 6.34. The molecule has 0 spiro atoms. The van der Waals surface area contributed by atoms with Crippen LogP contribution in [0.25, 0.3) is 0 Å². The van der Waals surface area contributed by atoms with Crippen LogP contribution in [0.3, 0.4) is 0 Å². The molecule has 0 aliphatic carbocycles. The van der Waals surface area contributed by atoms with Crippen molar-refractivity contribution in [2.75, 3.05) is 6.61 Å². The van der Waals surface area contributed by atoms with Crippen molar-refractivity contribution in [1.29, 1.82) is 0 Å². The zero-order valence-electron chi connectivity index (χ0n) is 6.90. The number of carbonyl (C=O) groups is 1. The Labute approximate surface area is 75.6 Å². The molecule has 0 radical (unpaired) electrons. The standard InChI is InChI=1S/C10H8O3/c11-7-4-8-13-10(12)9-5-2-1-3-6-9/h1-6H,8H2. The Balaban J connectivity index is 2.54. The second-order valence-corrected chi connectivity index (χ2v) is 2.29. The molecule has 3 nitrogen and oxygen atoms in total. The molecule has 0 aliphatic rings. The van der Waals surface area contributed by atoms with Crippen molar-refractivity contribution in [3.8, 4) is 0 Å². The van der Waals surface area contributed by atoms with Crippen LogP contribution in [-0.2, 0) is 9.53 Å². The topological polar surface area (TPSA) is 43.4 Å². The monoisotopic (exact) mass is 176 g/mol. The van der Waals surface area contributed by atoms with Crippen molar-refractivity contribution in [3.05, 3.63) is 42.0 Å². The second kappa shape index (κ2) is 4.91. The summed E-state index contributed by atoms with van der Waals surface area (Å²) >= 11 is 0. The van der Waals surface area contributed by atoms with Gasteiger partial charge in [0.1, 0.15) is 12.5 Å². The van der Waals surface area contributed by atoms with Gasteiger partial charge in [-0.1, -0.05) is 18.2 Å². The fourth-order valence-corrected chi connectivity index (χ4v) is 0.809. The Bertz CT molecular complexity index is 323. The largest absolute Gasteiger partial charge is 0.457 e. The van der Waals surface area contributed by atoms with Gasteiger partial charge in [-0.05, 0) is 12.1 Å². The van der Waals surface area contributed by atoms with Crippen LogP contribution in [0.15, 0.2) is 36.4 Å². The molecule has 0 atom stereocenters. The van der Waals surface area contributed by atoms with Crippen LogP contribution in [0.2, 0.25) is 0 Å². The number of ether oxygens (including phenoxy) is 1. The van der Waals surface area contributed by atoms with Crippen LogP contribution in [0.1, 0.15) is 10.4 Å². The van der Waals surface area contributed by atoms with E-state index in [1.165, 1.54) is 5.94 Å². The van der Waals surface area contributed by atoms with E-state index in [1.807, 2.05) is 6.07 Å². The van der Waals surface area contributed by atoms with Crippen molar-refractivity contribution in [3.63, 3.8) is 0 Å². The summed E-state index contributed by atoms with van der Waals surface area (Å²) in [6, 6.07) is 8.58. The summed E-state index contributed by atoms with van der Waals surface area (Å²) in [6.07, 6.45) is 1.11. The van der Waals surface area contributed by atoms with Crippen molar-refractivity contribution >= 4 is 11.9 Å². The minimum atomic E-state index is -0.438. The van der Waals surface area contributed by atoms with Gasteiger partial charge in [0.2, 0.25) is 0 Å². The molecule has 0 saturated heterocycles. The normalized spacial score (nSPS) is 8.62. The molecule has 0 aromatic heterocycles. The lowest BCUT2D eigenvalue weighted by Crippen LogP contribution is -2.04. The van der Waals surface area contributed by atoms with Crippen LogP contribution in [-0.4, -0.2) is 18.5 Å². The highest BCUT2D eigenvalue weighted by molar-refractivity contribution is 5.89. The number of carbonyl (C=O) groups excluding carboxylic acids is 2. The summed E-state index contributed by atoms with van der Waals surface area (Å²) in [7, 11) is 0. The summed E-state index contributed by atoms with van der Waals surface area (Å²) in [5.74, 6) is 1.08. The van der Waals surface area contributed by atoms with E-state index in [4.69, 9.17) is 4.74 Å². The summed E-state index contributed by atoms with van der Waals surface area (Å²) in [5.41, 5.74) is 0.474. The SMILES string of the molecule is O=C=CCOC(=O)c1ccccc1. The minimum absolute atomic E-state index is 0.0305. The molecule has 1 rings (SSSR count). The minimum Gasteiger partial charge on any atom is -0.457 e. The number of rotatable bonds is 3. The zero-order chi connectivity index (χ0) is 9.52. The van der Waals surface area contributed by atoms with E-state index in [2.05, 4.69) is 0 Å². The molecule has 0 amide bonds. The molecule has 0 unspecified atom stereocenters. The van der Waals surface area contributed by atoms with Gasteiger partial charge in [-0.2, -0.15) is 0 Å². The van der Waals surface area contributed by atoms with Gasteiger partial charge in [0, 0.05) is 6.08 Å². The first-order valence-corrected chi connectivity index (χ1v) is 3.76. The van der Waals surface area contributed by atoms with Gasteiger partial charge in [-0.3, -0.25) is 0 Å². The molecular weight excluding hydrogens is 168 g/mol. The van der Waals surface area contributed by atoms with Gasteiger partial charge >= 0.3 is 5.97 Å². The molecule has 0 heterocycles. The van der Waals surface area contributed by atoms with Gasteiger partial charge in [-0.25, -0.2) is 9.59 Å². The maximum Gasteiger partial charge on any atom is 0.338 e. The Kier molecular flexibility index (Phi) is 3.48. The third kappa shape index (κ3) is 2.93. The van der Waals surface area contributed by atoms with Crippen molar-refractivity contribution in [1.82, 2.24) is 0 Å². The van der Waals surface area contributed by atoms with E-state index < -0.39 is 5.97 Å². The molecule has 0 N–H and O–H groups in total. The molecule has 0 bridgehead atoms. The predicted octanol–water partition coefficient (Wildman–Crippen LogP) is 1.23. The van der Waals surface area contributed by atoms with Crippen LogP contribution < -0.4 is 0 Å². The molecule has 66 valence electrons. The summed E-state index contributed by atoms with van der Waals surface area (Å²) < 4.78 is 4.71. The lowest BCUT2D eigenvalue weighted by molar-refractivity contribution is 0.0550. The van der Waals surface area contributed by atoms with Gasteiger partial charge in [-0.15, -0.1) is 0 Å². The van der Waals surface area contributed by atoms with Crippen molar-refractivity contribution in [2.24, 2.45) is 0 Å². The van der Waals surface area contributed by atoms with E-state index in [0.29, 0.717) is 5.56 Å². The Morgan fingerprint density at radius 1 is 1.38 bits per heavy atom. The Morgan fingerprint density at radius 2 is 2.08 bits per heavy atom. The van der Waals surface area contributed by atoms with Gasteiger partial charge < -0.3 is 4.74 Å². The van der Waals surface area contributed by atoms with Crippen LogP contribution in [0.4, 0.5) is 0 Å². The predicted molar refractivity (Wildman–Crippen MR) is 47.0 cm³/mol. The number of hydrogen-bond donors (Lipinski definition) is 0. The zero-order valence-corrected chi connectivity index (χ0v) is 6.90. The van der Waals surface area contributed by atoms with Gasteiger partial charge in [0.05, 0.1) is 5.56 Å². The molecule has 1 aromatic rings. The number of hydrogen-bond acceptors (Lipinski definition) is 3. The van der Waals surface area contributed by atoms with Crippen LogP contribution >= 0.6 is 0 Å². The van der Waals surface area contributed by atoms with Crippen molar-refractivity contribution < 1.29 is 14.3 Å². The second-order valence-electron chi connectivity index (χ2n) is 2.29. The summed E-state index contributed by atoms with van der Waals surface area (Å²) in [4.78, 5) is 20.9. The highest BCUT2D eigenvalue weighted by atomic mass is 16.5. The summed E-state index contributed by atoms with van der Waals surface area (Å²) in [5, 5.41) is 0. The summed E-state index contributed by atoms with van der Waals surface area (Å²) in [6.45, 7) is -0.0305. The van der Waals surface area contributed by atoms with Crippen LogP contribution in [0, 0.1) is 0 Å². The molecule has 3 heteroatoms. The third-order valence-electron chi connectivity index (χ3n) is 1.39. The Hall–Kier alpha value is -1.86. The number of benzene rings is 1. The maximum atomic E-state index is 11.1. The third-order valence-corrected chi connectivity index (χ3v) is 1.39. The molecule has 0 aliphatic heterocycles. The molecular formula is C10H8O3. The number of esters is 1. The highest BCUT2D eigenvalue weighted by Gasteiger charge is 2.03. The first kappa shape index (κ1) is 9.23. The molecule has 1 aromatic carbocycles. The van der Waals surface area contributed by atoms with Crippen LogP contribution in [0.5, 0.6) is 0 Å².